The maximum Gasteiger partial charge on any atom is 0.241 e. The number of methoxy groups -OCH3 is 1. The van der Waals surface area contributed by atoms with Gasteiger partial charge in [-0.15, -0.1) is 0 Å². The predicted molar refractivity (Wildman–Crippen MR) is 131 cm³/mol. The Labute approximate surface area is 197 Å². The predicted octanol–water partition coefficient (Wildman–Crippen LogP) is 3.06. The van der Waals surface area contributed by atoms with Crippen LogP contribution in [0, 0.1) is 0 Å². The third-order valence-electron chi connectivity index (χ3n) is 6.16. The van der Waals surface area contributed by atoms with Crippen molar-refractivity contribution in [2.75, 3.05) is 19.4 Å². The van der Waals surface area contributed by atoms with Crippen LogP contribution in [0.2, 0.25) is 0 Å². The second-order valence-electron chi connectivity index (χ2n) is 8.35. The Balaban J connectivity index is 1.32. The van der Waals surface area contributed by atoms with Crippen LogP contribution >= 0.6 is 0 Å². The number of hydrogen-bond acceptors (Lipinski definition) is 6. The number of sulfonamides is 1. The van der Waals surface area contributed by atoms with Crippen LogP contribution in [0.25, 0.3) is 21.5 Å². The number of amides is 1. The smallest absolute Gasteiger partial charge is 0.241 e. The summed E-state index contributed by atoms with van der Waals surface area (Å²) in [6.07, 6.45) is 2.06. The van der Waals surface area contributed by atoms with Crippen molar-refractivity contribution in [3.8, 4) is 5.75 Å². The molecule has 0 bridgehead atoms. The number of carbonyl (C=O) groups excluding carboxylic acids is 1. The van der Waals surface area contributed by atoms with Crippen molar-refractivity contribution in [3.05, 3.63) is 72.4 Å². The molecule has 8 nitrogen and oxygen atoms in total. The molecule has 1 atom stereocenters. The van der Waals surface area contributed by atoms with E-state index in [0.29, 0.717) is 31.1 Å². The standard InChI is InChI=1S/C25H24N4O4S/c1-33-20-5-3-17-4-6-21(14-19(17)13-20)34(31,32)28-23-9-11-29(25(23)30)15-16-2-7-22-18(12-16)8-10-27-24(22)26/h2-8,10,12-14,23,28H,9,11,15H2,1H3,(H2,26,27)/t23-/m0/s1. The SMILES string of the molecule is COc1ccc2ccc(S(=O)(=O)N[C@H]3CCN(Cc4ccc5c(N)nccc5c4)C3=O)cc2c1. The highest BCUT2D eigenvalue weighted by molar-refractivity contribution is 7.89. The zero-order valence-electron chi connectivity index (χ0n) is 18.6. The van der Waals surface area contributed by atoms with Crippen LogP contribution < -0.4 is 15.2 Å². The van der Waals surface area contributed by atoms with E-state index in [4.69, 9.17) is 10.5 Å². The summed E-state index contributed by atoms with van der Waals surface area (Å²) >= 11 is 0. The molecule has 0 spiro atoms. The normalized spacial score (nSPS) is 16.4. The molecule has 3 aromatic carbocycles. The number of hydrogen-bond donors (Lipinski definition) is 2. The van der Waals surface area contributed by atoms with Crippen molar-refractivity contribution in [2.24, 2.45) is 0 Å². The van der Waals surface area contributed by atoms with E-state index in [-0.39, 0.29) is 10.8 Å². The molecule has 1 fully saturated rings. The molecule has 0 radical (unpaired) electrons. The highest BCUT2D eigenvalue weighted by Crippen LogP contribution is 2.25. The number of nitrogens with one attached hydrogen (secondary N) is 1. The summed E-state index contributed by atoms with van der Waals surface area (Å²) in [5.74, 6) is 0.868. The number of pyridine rings is 1. The van der Waals surface area contributed by atoms with E-state index in [0.717, 1.165) is 27.1 Å². The summed E-state index contributed by atoms with van der Waals surface area (Å²) in [4.78, 5) is 18.9. The Morgan fingerprint density at radius 2 is 1.88 bits per heavy atom. The van der Waals surface area contributed by atoms with Gasteiger partial charge < -0.3 is 15.4 Å². The number of nitrogen functional groups attached to an aromatic ring is 1. The number of ether oxygens (including phenoxy) is 1. The molecule has 9 heteroatoms. The van der Waals surface area contributed by atoms with E-state index in [2.05, 4.69) is 9.71 Å². The molecule has 0 unspecified atom stereocenters. The summed E-state index contributed by atoms with van der Waals surface area (Å²) < 4.78 is 33.9. The highest BCUT2D eigenvalue weighted by atomic mass is 32.2. The van der Waals surface area contributed by atoms with E-state index >= 15 is 0 Å². The van der Waals surface area contributed by atoms with Crippen molar-refractivity contribution in [1.82, 2.24) is 14.6 Å². The minimum Gasteiger partial charge on any atom is -0.497 e. The van der Waals surface area contributed by atoms with Gasteiger partial charge in [-0.25, -0.2) is 13.4 Å². The first-order valence-electron chi connectivity index (χ1n) is 10.9. The molecular formula is C25H24N4O4S. The van der Waals surface area contributed by atoms with E-state index in [9.17, 15) is 13.2 Å². The first-order valence-corrected chi connectivity index (χ1v) is 12.3. The molecule has 4 aromatic rings. The third kappa shape index (κ3) is 4.15. The molecule has 1 amide bonds. The van der Waals surface area contributed by atoms with Crippen LogP contribution in [-0.2, 0) is 21.4 Å². The van der Waals surface area contributed by atoms with Crippen LogP contribution in [0.15, 0.2) is 71.8 Å². The molecular weight excluding hydrogens is 452 g/mol. The van der Waals surface area contributed by atoms with Gasteiger partial charge in [0.05, 0.1) is 12.0 Å². The Bertz CT molecular complexity index is 1520. The molecule has 2 heterocycles. The van der Waals surface area contributed by atoms with Crippen molar-refractivity contribution in [1.29, 1.82) is 0 Å². The van der Waals surface area contributed by atoms with Crippen molar-refractivity contribution < 1.29 is 17.9 Å². The van der Waals surface area contributed by atoms with Gasteiger partial charge in [0.1, 0.15) is 17.6 Å². The molecule has 1 aliphatic heterocycles. The maximum absolute atomic E-state index is 13.0. The van der Waals surface area contributed by atoms with Crippen LogP contribution in [0.5, 0.6) is 5.75 Å². The fourth-order valence-corrected chi connectivity index (χ4v) is 5.59. The second kappa shape index (κ2) is 8.58. The van der Waals surface area contributed by atoms with E-state index < -0.39 is 16.1 Å². The maximum atomic E-state index is 13.0. The van der Waals surface area contributed by atoms with Gasteiger partial charge in [0, 0.05) is 24.7 Å². The van der Waals surface area contributed by atoms with Crippen LogP contribution in [0.1, 0.15) is 12.0 Å². The molecule has 0 saturated carbocycles. The van der Waals surface area contributed by atoms with Crippen molar-refractivity contribution in [3.63, 3.8) is 0 Å². The van der Waals surface area contributed by atoms with Gasteiger partial charge in [-0.2, -0.15) is 4.72 Å². The van der Waals surface area contributed by atoms with E-state index in [1.54, 1.807) is 42.5 Å². The largest absolute Gasteiger partial charge is 0.497 e. The lowest BCUT2D eigenvalue weighted by atomic mass is 10.1. The first kappa shape index (κ1) is 22.1. The number of rotatable bonds is 6. The fourth-order valence-electron chi connectivity index (χ4n) is 4.33. The molecule has 174 valence electrons. The third-order valence-corrected chi connectivity index (χ3v) is 7.63. The van der Waals surface area contributed by atoms with Gasteiger partial charge in [-0.1, -0.05) is 24.3 Å². The minimum atomic E-state index is -3.88. The average Bonchev–Trinajstić information content (AvgIpc) is 3.16. The van der Waals surface area contributed by atoms with Crippen LogP contribution in [-0.4, -0.2) is 43.9 Å². The van der Waals surface area contributed by atoms with Gasteiger partial charge in [-0.3, -0.25) is 4.79 Å². The Morgan fingerprint density at radius 3 is 2.71 bits per heavy atom. The number of fused-ring (bicyclic) bond motifs is 2. The second-order valence-corrected chi connectivity index (χ2v) is 10.1. The molecule has 34 heavy (non-hydrogen) atoms. The lowest BCUT2D eigenvalue weighted by molar-refractivity contribution is -0.129. The van der Waals surface area contributed by atoms with Crippen LogP contribution in [0.4, 0.5) is 5.82 Å². The number of nitrogens with zero attached hydrogens (tertiary/aromatic N) is 2. The molecule has 3 N–H and O–H groups in total. The molecule has 1 aliphatic rings. The zero-order chi connectivity index (χ0) is 23.9. The number of nitrogens with two attached hydrogens (primary N) is 1. The minimum absolute atomic E-state index is 0.111. The van der Waals surface area contributed by atoms with Gasteiger partial charge in [-0.05, 0) is 64.5 Å². The fraction of sp³-hybridized carbons (Fsp3) is 0.200. The van der Waals surface area contributed by atoms with E-state index in [1.165, 1.54) is 0 Å². The lowest BCUT2D eigenvalue weighted by Gasteiger charge is -2.18. The molecule has 0 aliphatic carbocycles. The monoisotopic (exact) mass is 476 g/mol. The summed E-state index contributed by atoms with van der Waals surface area (Å²) in [5.41, 5.74) is 6.86. The number of anilines is 1. The molecule has 1 aromatic heterocycles. The average molecular weight is 477 g/mol. The van der Waals surface area contributed by atoms with Crippen molar-refractivity contribution in [2.45, 2.75) is 23.9 Å². The zero-order valence-corrected chi connectivity index (χ0v) is 19.4. The van der Waals surface area contributed by atoms with Gasteiger partial charge in [0.15, 0.2) is 0 Å². The number of carbonyl (C=O) groups is 1. The summed E-state index contributed by atoms with van der Waals surface area (Å²) in [6, 6.07) is 17.2. The molecule has 5 rings (SSSR count). The number of aromatic nitrogens is 1. The molecule has 1 saturated heterocycles. The summed E-state index contributed by atoms with van der Waals surface area (Å²) in [5, 5.41) is 3.45. The number of benzene rings is 3. The first-order chi connectivity index (χ1) is 16.3. The highest BCUT2D eigenvalue weighted by Gasteiger charge is 2.35. The summed E-state index contributed by atoms with van der Waals surface area (Å²) in [7, 11) is -2.32. The Hall–Kier alpha value is -3.69. The van der Waals surface area contributed by atoms with Gasteiger partial charge in [0.25, 0.3) is 0 Å². The lowest BCUT2D eigenvalue weighted by Crippen LogP contribution is -2.41. The van der Waals surface area contributed by atoms with Gasteiger partial charge in [0.2, 0.25) is 15.9 Å². The Kier molecular flexibility index (Phi) is 5.59. The van der Waals surface area contributed by atoms with Crippen molar-refractivity contribution >= 4 is 43.3 Å². The quantitative estimate of drug-likeness (QED) is 0.442. The van der Waals surface area contributed by atoms with E-state index in [1.807, 2.05) is 36.4 Å². The van der Waals surface area contributed by atoms with Gasteiger partial charge >= 0.3 is 0 Å². The topological polar surface area (TPSA) is 115 Å². The number of likely N-dealkylation sites (tertiary alicyclic amines) is 1. The Morgan fingerprint density at radius 1 is 1.06 bits per heavy atom. The summed E-state index contributed by atoms with van der Waals surface area (Å²) in [6.45, 7) is 0.864. The van der Waals surface area contributed by atoms with Crippen LogP contribution in [0.3, 0.4) is 0 Å².